The largest absolute Gasteiger partial charge is 0.494 e. The number of benzene rings is 3. The SMILES string of the molecule is CCN1CCN(c2cccc3c(O)n([C@H](CCCN(C(=O)OC(C)(C)C)c4ccccc4)c4ccc(OC)c(OC)c4)cc23)CC1. The number of para-hydroxylation sites is 1. The number of likely N-dealkylation sites (N-methyl/N-ethyl adjacent to an activating group) is 1. The molecule has 0 radical (unpaired) electrons. The molecule has 0 aliphatic carbocycles. The second kappa shape index (κ2) is 14.4. The number of methoxy groups -OCH3 is 2. The molecule has 0 unspecified atom stereocenters. The van der Waals surface area contributed by atoms with Gasteiger partial charge in [-0.3, -0.25) is 4.90 Å². The molecule has 46 heavy (non-hydrogen) atoms. The van der Waals surface area contributed by atoms with E-state index in [1.807, 2.05) is 86.0 Å². The van der Waals surface area contributed by atoms with E-state index in [-0.39, 0.29) is 18.0 Å². The van der Waals surface area contributed by atoms with Crippen LogP contribution in [-0.4, -0.2) is 79.8 Å². The number of hydrogen-bond acceptors (Lipinski definition) is 7. The minimum absolute atomic E-state index is 0.218. The van der Waals surface area contributed by atoms with Crippen molar-refractivity contribution in [2.75, 3.05) is 63.3 Å². The molecule has 1 aliphatic heterocycles. The number of fused-ring (bicyclic) bond motifs is 1. The summed E-state index contributed by atoms with van der Waals surface area (Å²) < 4.78 is 19.0. The fourth-order valence-corrected chi connectivity index (χ4v) is 6.26. The highest BCUT2D eigenvalue weighted by molar-refractivity contribution is 5.98. The molecule has 1 aliphatic rings. The van der Waals surface area contributed by atoms with Gasteiger partial charge >= 0.3 is 6.09 Å². The van der Waals surface area contributed by atoms with E-state index >= 15 is 0 Å². The van der Waals surface area contributed by atoms with Crippen molar-refractivity contribution < 1.29 is 24.1 Å². The van der Waals surface area contributed by atoms with Gasteiger partial charge in [-0.25, -0.2) is 4.79 Å². The number of aromatic hydroxyl groups is 1. The van der Waals surface area contributed by atoms with Gasteiger partial charge in [0.05, 0.1) is 20.3 Å². The average Bonchev–Trinajstić information content (AvgIpc) is 3.40. The number of nitrogens with zero attached hydrogens (tertiary/aromatic N) is 4. The third-order valence-corrected chi connectivity index (χ3v) is 8.67. The molecule has 5 rings (SSSR count). The normalized spacial score (nSPS) is 14.7. The van der Waals surface area contributed by atoms with Crippen LogP contribution in [0.4, 0.5) is 16.2 Å². The molecular weight excluding hydrogens is 580 g/mol. The van der Waals surface area contributed by atoms with Crippen LogP contribution in [0.2, 0.25) is 0 Å². The molecule has 1 fully saturated rings. The summed E-state index contributed by atoms with van der Waals surface area (Å²) in [5, 5.41) is 13.6. The van der Waals surface area contributed by atoms with Crippen molar-refractivity contribution in [2.45, 2.75) is 52.2 Å². The monoisotopic (exact) mass is 628 g/mol. The number of piperazine rings is 1. The quantitative estimate of drug-likeness (QED) is 0.187. The molecule has 1 saturated heterocycles. The fraction of sp³-hybridized carbons (Fsp3) is 0.432. The van der Waals surface area contributed by atoms with E-state index < -0.39 is 5.60 Å². The summed E-state index contributed by atoms with van der Waals surface area (Å²) in [5.74, 6) is 1.48. The Labute approximate surface area is 272 Å². The number of amides is 1. The zero-order valence-corrected chi connectivity index (χ0v) is 28.0. The van der Waals surface area contributed by atoms with Gasteiger partial charge in [0.1, 0.15) is 5.60 Å². The van der Waals surface area contributed by atoms with Crippen molar-refractivity contribution >= 4 is 28.2 Å². The lowest BCUT2D eigenvalue weighted by atomic mass is 10.0. The van der Waals surface area contributed by atoms with Crippen molar-refractivity contribution in [3.63, 3.8) is 0 Å². The lowest BCUT2D eigenvalue weighted by Crippen LogP contribution is -2.46. The first-order chi connectivity index (χ1) is 22.1. The Morgan fingerprint density at radius 1 is 0.913 bits per heavy atom. The third kappa shape index (κ3) is 7.36. The molecule has 1 aromatic heterocycles. The van der Waals surface area contributed by atoms with Crippen LogP contribution in [0.15, 0.2) is 72.9 Å². The van der Waals surface area contributed by atoms with Crippen LogP contribution in [0.25, 0.3) is 10.8 Å². The minimum Gasteiger partial charge on any atom is -0.494 e. The van der Waals surface area contributed by atoms with E-state index in [9.17, 15) is 9.90 Å². The molecule has 1 amide bonds. The van der Waals surface area contributed by atoms with Crippen LogP contribution in [-0.2, 0) is 4.74 Å². The first kappa shape index (κ1) is 33.0. The molecule has 0 saturated carbocycles. The van der Waals surface area contributed by atoms with Crippen molar-refractivity contribution in [3.05, 3.63) is 78.5 Å². The number of aromatic nitrogens is 1. The van der Waals surface area contributed by atoms with E-state index in [1.165, 1.54) is 0 Å². The molecule has 9 nitrogen and oxygen atoms in total. The summed E-state index contributed by atoms with van der Waals surface area (Å²) in [4.78, 5) is 19.9. The number of ether oxygens (including phenoxy) is 3. The minimum atomic E-state index is -0.621. The van der Waals surface area contributed by atoms with Gasteiger partial charge in [0.2, 0.25) is 0 Å². The van der Waals surface area contributed by atoms with Gasteiger partial charge in [-0.05, 0) is 82.1 Å². The van der Waals surface area contributed by atoms with Gasteiger partial charge in [-0.15, -0.1) is 0 Å². The Morgan fingerprint density at radius 3 is 2.28 bits per heavy atom. The first-order valence-electron chi connectivity index (χ1n) is 16.2. The van der Waals surface area contributed by atoms with E-state index in [4.69, 9.17) is 14.2 Å². The highest BCUT2D eigenvalue weighted by Crippen LogP contribution is 2.41. The second-order valence-electron chi connectivity index (χ2n) is 12.8. The van der Waals surface area contributed by atoms with Crippen LogP contribution in [0.5, 0.6) is 17.4 Å². The van der Waals surface area contributed by atoms with Crippen molar-refractivity contribution in [2.24, 2.45) is 0 Å². The summed E-state index contributed by atoms with van der Waals surface area (Å²) in [6, 6.07) is 21.4. The molecule has 1 N–H and O–H groups in total. The number of carbonyl (C=O) groups is 1. The predicted molar refractivity (Wildman–Crippen MR) is 185 cm³/mol. The Kier molecular flexibility index (Phi) is 10.3. The van der Waals surface area contributed by atoms with Crippen LogP contribution in [0.1, 0.15) is 52.1 Å². The Bertz CT molecular complexity index is 1610. The van der Waals surface area contributed by atoms with Crippen molar-refractivity contribution in [1.29, 1.82) is 0 Å². The van der Waals surface area contributed by atoms with Gasteiger partial charge in [-0.1, -0.05) is 37.3 Å². The highest BCUT2D eigenvalue weighted by atomic mass is 16.6. The lowest BCUT2D eigenvalue weighted by Gasteiger charge is -2.35. The van der Waals surface area contributed by atoms with E-state index in [1.54, 1.807) is 19.1 Å². The van der Waals surface area contributed by atoms with Crippen molar-refractivity contribution in [1.82, 2.24) is 9.47 Å². The third-order valence-electron chi connectivity index (χ3n) is 8.67. The lowest BCUT2D eigenvalue weighted by molar-refractivity contribution is 0.0579. The van der Waals surface area contributed by atoms with Gasteiger partial charge in [-0.2, -0.15) is 0 Å². The van der Waals surface area contributed by atoms with Crippen LogP contribution >= 0.6 is 0 Å². The Morgan fingerprint density at radius 2 is 1.63 bits per heavy atom. The number of anilines is 2. The zero-order valence-electron chi connectivity index (χ0n) is 28.0. The van der Waals surface area contributed by atoms with Gasteiger partial charge < -0.3 is 33.7 Å². The number of carbonyl (C=O) groups excluding carboxylic acids is 1. The summed E-state index contributed by atoms with van der Waals surface area (Å²) in [6.07, 6.45) is 2.98. The Balaban J connectivity index is 1.49. The van der Waals surface area contributed by atoms with Crippen molar-refractivity contribution in [3.8, 4) is 17.4 Å². The summed E-state index contributed by atoms with van der Waals surface area (Å²) in [6.45, 7) is 13.2. The predicted octanol–water partition coefficient (Wildman–Crippen LogP) is 7.32. The Hall–Kier alpha value is -4.37. The molecule has 0 bridgehead atoms. The smallest absolute Gasteiger partial charge is 0.414 e. The maximum Gasteiger partial charge on any atom is 0.414 e. The second-order valence-corrected chi connectivity index (χ2v) is 12.8. The summed E-state index contributed by atoms with van der Waals surface area (Å²) in [5.41, 5.74) is 2.26. The fourth-order valence-electron chi connectivity index (χ4n) is 6.26. The molecule has 0 spiro atoms. The summed E-state index contributed by atoms with van der Waals surface area (Å²) >= 11 is 0. The van der Waals surface area contributed by atoms with Crippen LogP contribution in [0.3, 0.4) is 0 Å². The van der Waals surface area contributed by atoms with Crippen LogP contribution < -0.4 is 19.3 Å². The van der Waals surface area contributed by atoms with Crippen LogP contribution in [0, 0.1) is 0 Å². The molecular formula is C37H48N4O5. The molecule has 246 valence electrons. The average molecular weight is 629 g/mol. The zero-order chi connectivity index (χ0) is 32.8. The molecule has 3 aromatic carbocycles. The van der Waals surface area contributed by atoms with E-state index in [0.29, 0.717) is 30.9 Å². The standard InChI is InChI=1S/C37H48N4O5/c1-7-38-21-23-39(24-22-38)32-16-11-15-29-30(32)26-41(35(29)42)31(27-18-19-33(44-5)34(25-27)45-6)17-12-20-40(28-13-9-8-10-14-28)36(43)46-37(2,3)4/h8-11,13-16,18-19,25-26,31,42H,7,12,17,20-24H2,1-6H3/t31-/m1/s1. The maximum atomic E-state index is 13.3. The first-order valence-corrected chi connectivity index (χ1v) is 16.2. The molecule has 1 atom stereocenters. The maximum absolute atomic E-state index is 13.3. The van der Waals surface area contributed by atoms with Gasteiger partial charge in [0, 0.05) is 61.1 Å². The van der Waals surface area contributed by atoms with E-state index in [2.05, 4.69) is 29.0 Å². The summed E-state index contributed by atoms with van der Waals surface area (Å²) in [7, 11) is 3.25. The van der Waals surface area contributed by atoms with E-state index in [0.717, 1.165) is 60.4 Å². The number of hydrogen-bond donors (Lipinski definition) is 1. The van der Waals surface area contributed by atoms with Gasteiger partial charge in [0.15, 0.2) is 17.4 Å². The molecule has 9 heteroatoms. The highest BCUT2D eigenvalue weighted by Gasteiger charge is 2.27. The topological polar surface area (TPSA) is 79.6 Å². The molecule has 4 aromatic rings. The van der Waals surface area contributed by atoms with Gasteiger partial charge in [0.25, 0.3) is 0 Å². The molecule has 2 heterocycles. The number of rotatable bonds is 11.